The second kappa shape index (κ2) is 8.04. The van der Waals surface area contributed by atoms with Crippen LogP contribution in [0.25, 0.3) is 6.08 Å². The fourth-order valence-electron chi connectivity index (χ4n) is 1.60. The van der Waals surface area contributed by atoms with Gasteiger partial charge >= 0.3 is 5.97 Å². The molecule has 0 aliphatic carbocycles. The van der Waals surface area contributed by atoms with Crippen LogP contribution in [0.3, 0.4) is 0 Å². The standard InChI is InChI=1S/C16H20O4/c1-5-9-20-14-8-7-13(11-15(14)18-4)10-12(3)16(17)19-6-2/h5,7-8,10-11H,1,6,9H2,2-4H3/b12-10+. The van der Waals surface area contributed by atoms with Crippen LogP contribution in [-0.2, 0) is 9.53 Å². The zero-order valence-electron chi connectivity index (χ0n) is 12.1. The van der Waals surface area contributed by atoms with Crippen molar-refractivity contribution in [3.8, 4) is 11.5 Å². The van der Waals surface area contributed by atoms with E-state index < -0.39 is 0 Å². The van der Waals surface area contributed by atoms with Crippen LogP contribution in [-0.4, -0.2) is 26.3 Å². The van der Waals surface area contributed by atoms with Gasteiger partial charge in [0.1, 0.15) is 6.61 Å². The number of carbonyl (C=O) groups is 1. The SMILES string of the molecule is C=CCOc1ccc(/C=C(\C)C(=O)OCC)cc1OC. The largest absolute Gasteiger partial charge is 0.493 e. The number of methoxy groups -OCH3 is 1. The predicted octanol–water partition coefficient (Wildman–Crippen LogP) is 3.23. The smallest absolute Gasteiger partial charge is 0.333 e. The number of benzene rings is 1. The van der Waals surface area contributed by atoms with E-state index in [4.69, 9.17) is 14.2 Å². The van der Waals surface area contributed by atoms with Crippen molar-refractivity contribution < 1.29 is 19.0 Å². The summed E-state index contributed by atoms with van der Waals surface area (Å²) in [7, 11) is 1.57. The van der Waals surface area contributed by atoms with Crippen molar-refractivity contribution in [2.75, 3.05) is 20.3 Å². The second-order valence-electron chi connectivity index (χ2n) is 4.06. The molecule has 1 aromatic carbocycles. The Bertz CT molecular complexity index is 503. The number of ether oxygens (including phenoxy) is 3. The summed E-state index contributed by atoms with van der Waals surface area (Å²) in [5.41, 5.74) is 1.38. The molecular weight excluding hydrogens is 256 g/mol. The summed E-state index contributed by atoms with van der Waals surface area (Å²) < 4.78 is 15.7. The Morgan fingerprint density at radius 2 is 2.10 bits per heavy atom. The third kappa shape index (κ3) is 4.46. The third-order valence-corrected chi connectivity index (χ3v) is 2.52. The molecule has 0 amide bonds. The normalized spacial score (nSPS) is 10.8. The van der Waals surface area contributed by atoms with Gasteiger partial charge in [-0.2, -0.15) is 0 Å². The molecule has 0 saturated heterocycles. The van der Waals surface area contributed by atoms with E-state index in [9.17, 15) is 4.79 Å². The quantitative estimate of drug-likeness (QED) is 0.436. The van der Waals surface area contributed by atoms with E-state index in [-0.39, 0.29) is 5.97 Å². The van der Waals surface area contributed by atoms with Gasteiger partial charge in [-0.05, 0) is 37.6 Å². The highest BCUT2D eigenvalue weighted by Gasteiger charge is 2.07. The Kier molecular flexibility index (Phi) is 6.37. The predicted molar refractivity (Wildman–Crippen MR) is 79.0 cm³/mol. The molecular formula is C16H20O4. The average Bonchev–Trinajstić information content (AvgIpc) is 2.45. The van der Waals surface area contributed by atoms with Crippen molar-refractivity contribution in [3.63, 3.8) is 0 Å². The highest BCUT2D eigenvalue weighted by Crippen LogP contribution is 2.29. The first-order valence-electron chi connectivity index (χ1n) is 6.39. The van der Waals surface area contributed by atoms with E-state index >= 15 is 0 Å². The van der Waals surface area contributed by atoms with Gasteiger partial charge in [0, 0.05) is 5.57 Å². The van der Waals surface area contributed by atoms with Crippen LogP contribution >= 0.6 is 0 Å². The average molecular weight is 276 g/mol. The lowest BCUT2D eigenvalue weighted by atomic mass is 10.1. The summed E-state index contributed by atoms with van der Waals surface area (Å²) in [5, 5.41) is 0. The molecule has 0 N–H and O–H groups in total. The number of hydrogen-bond donors (Lipinski definition) is 0. The maximum Gasteiger partial charge on any atom is 0.333 e. The number of rotatable bonds is 7. The first kappa shape index (κ1) is 15.8. The molecule has 0 radical (unpaired) electrons. The van der Waals surface area contributed by atoms with Crippen molar-refractivity contribution in [1.82, 2.24) is 0 Å². The number of carbonyl (C=O) groups excluding carboxylic acids is 1. The van der Waals surface area contributed by atoms with E-state index in [1.165, 1.54) is 0 Å². The van der Waals surface area contributed by atoms with Crippen LogP contribution in [0.2, 0.25) is 0 Å². The van der Waals surface area contributed by atoms with Gasteiger partial charge in [0.2, 0.25) is 0 Å². The summed E-state index contributed by atoms with van der Waals surface area (Å²) in [6, 6.07) is 5.46. The van der Waals surface area contributed by atoms with Crippen molar-refractivity contribution in [2.45, 2.75) is 13.8 Å². The van der Waals surface area contributed by atoms with E-state index in [2.05, 4.69) is 6.58 Å². The Morgan fingerprint density at radius 3 is 2.70 bits per heavy atom. The van der Waals surface area contributed by atoms with E-state index in [0.717, 1.165) is 5.56 Å². The van der Waals surface area contributed by atoms with Crippen molar-refractivity contribution in [2.24, 2.45) is 0 Å². The maximum absolute atomic E-state index is 11.6. The molecule has 0 aliphatic heterocycles. The van der Waals surface area contributed by atoms with Crippen LogP contribution in [0, 0.1) is 0 Å². The minimum Gasteiger partial charge on any atom is -0.493 e. The summed E-state index contributed by atoms with van der Waals surface area (Å²) in [6.07, 6.45) is 3.41. The van der Waals surface area contributed by atoms with Gasteiger partial charge in [-0.25, -0.2) is 4.79 Å². The molecule has 0 atom stereocenters. The number of esters is 1. The maximum atomic E-state index is 11.6. The van der Waals surface area contributed by atoms with Crippen LogP contribution in [0.5, 0.6) is 11.5 Å². The summed E-state index contributed by atoms with van der Waals surface area (Å²) in [5.74, 6) is 0.925. The van der Waals surface area contributed by atoms with Gasteiger partial charge in [-0.3, -0.25) is 0 Å². The molecule has 0 heterocycles. The summed E-state index contributed by atoms with van der Waals surface area (Å²) >= 11 is 0. The van der Waals surface area contributed by atoms with Gasteiger partial charge in [0.05, 0.1) is 13.7 Å². The summed E-state index contributed by atoms with van der Waals surface area (Å²) in [6.45, 7) is 7.86. The molecule has 0 aliphatic rings. The van der Waals surface area contributed by atoms with Gasteiger partial charge in [0.25, 0.3) is 0 Å². The Morgan fingerprint density at radius 1 is 1.35 bits per heavy atom. The molecule has 0 fully saturated rings. The molecule has 0 saturated carbocycles. The fourth-order valence-corrected chi connectivity index (χ4v) is 1.60. The molecule has 20 heavy (non-hydrogen) atoms. The van der Waals surface area contributed by atoms with Crippen LogP contribution in [0.4, 0.5) is 0 Å². The van der Waals surface area contributed by atoms with Crippen LogP contribution in [0.1, 0.15) is 19.4 Å². The van der Waals surface area contributed by atoms with E-state index in [0.29, 0.717) is 30.3 Å². The molecule has 0 bridgehead atoms. The van der Waals surface area contributed by atoms with Crippen LogP contribution in [0.15, 0.2) is 36.4 Å². The lowest BCUT2D eigenvalue weighted by Crippen LogP contribution is -2.04. The molecule has 108 valence electrons. The highest BCUT2D eigenvalue weighted by atomic mass is 16.5. The third-order valence-electron chi connectivity index (χ3n) is 2.52. The zero-order valence-corrected chi connectivity index (χ0v) is 12.1. The fraction of sp³-hybridized carbons (Fsp3) is 0.312. The van der Waals surface area contributed by atoms with Gasteiger partial charge < -0.3 is 14.2 Å². The minimum atomic E-state index is -0.321. The van der Waals surface area contributed by atoms with Gasteiger partial charge in [0.15, 0.2) is 11.5 Å². The molecule has 0 spiro atoms. The Balaban J connectivity index is 2.94. The lowest BCUT2D eigenvalue weighted by molar-refractivity contribution is -0.138. The zero-order chi connectivity index (χ0) is 15.0. The second-order valence-corrected chi connectivity index (χ2v) is 4.06. The van der Waals surface area contributed by atoms with E-state index in [1.807, 2.05) is 6.07 Å². The number of hydrogen-bond acceptors (Lipinski definition) is 4. The first-order chi connectivity index (χ1) is 9.62. The molecule has 0 unspecified atom stereocenters. The first-order valence-corrected chi connectivity index (χ1v) is 6.39. The monoisotopic (exact) mass is 276 g/mol. The molecule has 4 heteroatoms. The molecule has 1 rings (SSSR count). The van der Waals surface area contributed by atoms with Gasteiger partial charge in [-0.1, -0.05) is 18.7 Å². The van der Waals surface area contributed by atoms with Crippen molar-refractivity contribution in [1.29, 1.82) is 0 Å². The summed E-state index contributed by atoms with van der Waals surface area (Å²) in [4.78, 5) is 11.6. The Hall–Kier alpha value is -2.23. The van der Waals surface area contributed by atoms with Crippen molar-refractivity contribution >= 4 is 12.0 Å². The van der Waals surface area contributed by atoms with E-state index in [1.54, 1.807) is 45.2 Å². The van der Waals surface area contributed by atoms with Gasteiger partial charge in [-0.15, -0.1) is 0 Å². The molecule has 4 nitrogen and oxygen atoms in total. The molecule has 1 aromatic rings. The highest BCUT2D eigenvalue weighted by molar-refractivity contribution is 5.93. The molecule has 0 aromatic heterocycles. The van der Waals surface area contributed by atoms with Crippen molar-refractivity contribution in [3.05, 3.63) is 42.0 Å². The minimum absolute atomic E-state index is 0.321. The van der Waals surface area contributed by atoms with Crippen LogP contribution < -0.4 is 9.47 Å². The lowest BCUT2D eigenvalue weighted by Gasteiger charge is -2.10. The Labute approximate surface area is 119 Å². The topological polar surface area (TPSA) is 44.8 Å².